The van der Waals surface area contributed by atoms with Crippen molar-refractivity contribution in [2.24, 2.45) is 5.41 Å². The molecular weight excluding hydrogens is 714 g/mol. The summed E-state index contributed by atoms with van der Waals surface area (Å²) in [7, 11) is 0. The van der Waals surface area contributed by atoms with Crippen molar-refractivity contribution in [3.63, 3.8) is 0 Å². The summed E-state index contributed by atoms with van der Waals surface area (Å²) in [5.74, 6) is -2.42. The summed E-state index contributed by atoms with van der Waals surface area (Å²) in [6.07, 6.45) is 4.99. The molecule has 13 heteroatoms. The number of anilines is 2. The third-order valence-electron chi connectivity index (χ3n) is 13.2. The third-order valence-corrected chi connectivity index (χ3v) is 13.2. The molecule has 0 aromatic heterocycles. The number of rotatable bonds is 5. The monoisotopic (exact) mass is 757 g/mol. The van der Waals surface area contributed by atoms with Crippen LogP contribution in [0.1, 0.15) is 94.1 Å². The van der Waals surface area contributed by atoms with Gasteiger partial charge in [-0.15, -0.1) is 0 Å². The lowest BCUT2D eigenvalue weighted by Gasteiger charge is -2.40. The summed E-state index contributed by atoms with van der Waals surface area (Å²) in [6, 6.07) is 16.1. The van der Waals surface area contributed by atoms with Crippen LogP contribution in [0.25, 0.3) is 4.85 Å². The molecule has 5 amide bonds. The first-order chi connectivity index (χ1) is 27.0. The Morgan fingerprint density at radius 1 is 0.857 bits per heavy atom. The number of benzene rings is 3. The number of hydrogen-bond donors (Lipinski definition) is 1. The molecule has 6 aliphatic heterocycles. The van der Waals surface area contributed by atoms with E-state index >= 15 is 0 Å². The molecule has 2 atom stereocenters. The molecule has 3 aromatic rings. The van der Waals surface area contributed by atoms with Crippen molar-refractivity contribution in [2.45, 2.75) is 83.1 Å². The maximum atomic E-state index is 14.4. The minimum Gasteiger partial charge on any atom is -0.371 e. The molecule has 288 valence electrons. The number of likely N-dealkylation sites (tertiary alicyclic amines) is 1. The van der Waals surface area contributed by atoms with Gasteiger partial charge in [0.1, 0.15) is 11.9 Å². The van der Waals surface area contributed by atoms with E-state index < -0.39 is 35.5 Å². The first kappa shape index (κ1) is 36.1. The first-order valence-electron chi connectivity index (χ1n) is 19.7. The van der Waals surface area contributed by atoms with E-state index in [1.54, 1.807) is 18.2 Å². The molecule has 9 rings (SSSR count). The Labute approximate surface area is 325 Å². The Bertz CT molecular complexity index is 2160. The number of imide groups is 2. The maximum Gasteiger partial charge on any atom is 0.262 e. The van der Waals surface area contributed by atoms with Crippen LogP contribution in [0.4, 0.5) is 21.5 Å². The van der Waals surface area contributed by atoms with Crippen LogP contribution < -0.4 is 15.1 Å². The molecule has 0 bridgehead atoms. The van der Waals surface area contributed by atoms with Crippen LogP contribution >= 0.6 is 0 Å². The highest BCUT2D eigenvalue weighted by Gasteiger charge is 2.46. The molecule has 12 nitrogen and oxygen atoms in total. The highest BCUT2D eigenvalue weighted by Crippen LogP contribution is 2.46. The molecule has 0 saturated carbocycles. The third kappa shape index (κ3) is 6.20. The van der Waals surface area contributed by atoms with E-state index in [4.69, 9.17) is 6.57 Å². The Morgan fingerprint density at radius 2 is 1.50 bits per heavy atom. The second-order valence-electron chi connectivity index (χ2n) is 16.5. The molecule has 4 saturated heterocycles. The Hall–Kier alpha value is -5.61. The van der Waals surface area contributed by atoms with Crippen LogP contribution in [0.5, 0.6) is 0 Å². The average molecular weight is 758 g/mol. The molecule has 6 aliphatic rings. The number of halogens is 1. The number of piperidine rings is 3. The molecule has 4 fully saturated rings. The number of carbonyl (C=O) groups is 5. The van der Waals surface area contributed by atoms with E-state index in [2.05, 4.69) is 43.9 Å². The van der Waals surface area contributed by atoms with Gasteiger partial charge in [0, 0.05) is 81.3 Å². The molecule has 3 aromatic carbocycles. The zero-order valence-electron chi connectivity index (χ0n) is 31.4. The van der Waals surface area contributed by atoms with E-state index in [1.807, 2.05) is 23.1 Å². The van der Waals surface area contributed by atoms with Crippen LogP contribution in [-0.2, 0) is 22.7 Å². The maximum absolute atomic E-state index is 14.4. The van der Waals surface area contributed by atoms with Crippen molar-refractivity contribution in [1.82, 2.24) is 20.0 Å². The van der Waals surface area contributed by atoms with Crippen molar-refractivity contribution in [2.75, 3.05) is 42.5 Å². The fraction of sp³-hybridized carbons (Fsp3) is 0.442. The normalized spacial score (nSPS) is 23.8. The lowest BCUT2D eigenvalue weighted by atomic mass is 9.76. The minimum atomic E-state index is -0.979. The highest BCUT2D eigenvalue weighted by atomic mass is 19.1. The molecule has 1 unspecified atom stereocenters. The summed E-state index contributed by atoms with van der Waals surface area (Å²) >= 11 is 0. The topological polar surface area (TPSA) is 118 Å². The van der Waals surface area contributed by atoms with Gasteiger partial charge in [0.05, 0.1) is 17.7 Å². The zero-order valence-corrected chi connectivity index (χ0v) is 31.4. The van der Waals surface area contributed by atoms with E-state index in [-0.39, 0.29) is 35.9 Å². The summed E-state index contributed by atoms with van der Waals surface area (Å²) in [5, 5.41) is 2.24. The molecule has 0 aliphatic carbocycles. The van der Waals surface area contributed by atoms with Crippen LogP contribution in [0.15, 0.2) is 54.6 Å². The number of carbonyl (C=O) groups excluding carboxylic acids is 5. The first-order valence-corrected chi connectivity index (χ1v) is 19.7. The van der Waals surface area contributed by atoms with Crippen molar-refractivity contribution < 1.29 is 28.4 Å². The Kier molecular flexibility index (Phi) is 8.91. The van der Waals surface area contributed by atoms with Crippen molar-refractivity contribution in [3.8, 4) is 0 Å². The molecule has 0 radical (unpaired) electrons. The predicted octanol–water partition coefficient (Wildman–Crippen LogP) is 5.28. The Balaban J connectivity index is 0.766. The fourth-order valence-corrected chi connectivity index (χ4v) is 10.1. The number of hydrogen-bond acceptors (Lipinski definition) is 8. The number of nitrogens with one attached hydrogen (secondary N) is 1. The predicted molar refractivity (Wildman–Crippen MR) is 206 cm³/mol. The highest BCUT2D eigenvalue weighted by molar-refractivity contribution is 6.23. The molecule has 56 heavy (non-hydrogen) atoms. The summed E-state index contributed by atoms with van der Waals surface area (Å²) in [6.45, 7) is 14.7. The van der Waals surface area contributed by atoms with Crippen molar-refractivity contribution in [1.29, 1.82) is 0 Å². The molecular formula is C43H44FN7O5. The van der Waals surface area contributed by atoms with Crippen molar-refractivity contribution >= 4 is 46.6 Å². The van der Waals surface area contributed by atoms with E-state index in [9.17, 15) is 28.4 Å². The average Bonchev–Trinajstić information content (AvgIpc) is 3.84. The van der Waals surface area contributed by atoms with Gasteiger partial charge in [-0.05, 0) is 111 Å². The van der Waals surface area contributed by atoms with Gasteiger partial charge >= 0.3 is 0 Å². The van der Waals surface area contributed by atoms with Gasteiger partial charge in [-0.1, -0.05) is 6.07 Å². The van der Waals surface area contributed by atoms with Gasteiger partial charge in [-0.25, -0.2) is 9.24 Å². The molecule has 1 spiro atoms. The second-order valence-corrected chi connectivity index (χ2v) is 16.5. The van der Waals surface area contributed by atoms with Crippen molar-refractivity contribution in [3.05, 3.63) is 99.6 Å². The van der Waals surface area contributed by atoms with Gasteiger partial charge < -0.3 is 14.7 Å². The van der Waals surface area contributed by atoms with Crippen LogP contribution in [0.2, 0.25) is 0 Å². The van der Waals surface area contributed by atoms with Gasteiger partial charge in [0.2, 0.25) is 17.5 Å². The number of fused-ring (bicyclic) bond motifs is 2. The molecule has 1 N–H and O–H groups in total. The van der Waals surface area contributed by atoms with Crippen LogP contribution in [0, 0.1) is 17.8 Å². The van der Waals surface area contributed by atoms with Gasteiger partial charge in [-0.2, -0.15) is 0 Å². The summed E-state index contributed by atoms with van der Waals surface area (Å²) in [5.41, 5.74) is 5.48. The smallest absolute Gasteiger partial charge is 0.262 e. The quantitative estimate of drug-likeness (QED) is 0.276. The largest absolute Gasteiger partial charge is 0.371 e. The number of amides is 5. The van der Waals surface area contributed by atoms with Gasteiger partial charge in [-0.3, -0.25) is 39.1 Å². The SMILES string of the molecule is [C-]#[N+]c1ccc(N2CC3(CCN(c4ccc(C(=O)N5CCC(N6Cc7cc8c(cc7C6)C(=O)N(C6CCC(=O)NC6=O)C8=O)CC5)cc4)CC3)C[C@@H]2C)cc1F. The van der Waals surface area contributed by atoms with E-state index in [0.717, 1.165) is 79.1 Å². The summed E-state index contributed by atoms with van der Waals surface area (Å²) in [4.78, 5) is 77.6. The Morgan fingerprint density at radius 3 is 2.11 bits per heavy atom. The van der Waals surface area contributed by atoms with Gasteiger partial charge in [0.25, 0.3) is 17.7 Å². The van der Waals surface area contributed by atoms with Gasteiger partial charge in [0.15, 0.2) is 0 Å². The second kappa shape index (κ2) is 13.8. The fourth-order valence-electron chi connectivity index (χ4n) is 10.1. The van der Waals surface area contributed by atoms with E-state index in [0.29, 0.717) is 48.9 Å². The lowest BCUT2D eigenvalue weighted by molar-refractivity contribution is -0.136. The minimum absolute atomic E-state index is 0.0345. The summed E-state index contributed by atoms with van der Waals surface area (Å²) < 4.78 is 14.4. The zero-order chi connectivity index (χ0) is 38.9. The lowest BCUT2D eigenvalue weighted by Crippen LogP contribution is -2.54. The van der Waals surface area contributed by atoms with Crippen LogP contribution in [-0.4, -0.2) is 95.1 Å². The van der Waals surface area contributed by atoms with E-state index in [1.165, 1.54) is 6.07 Å². The molecule has 6 heterocycles. The van der Waals surface area contributed by atoms with Crippen LogP contribution in [0.3, 0.4) is 0 Å². The number of nitrogens with zero attached hydrogens (tertiary/aromatic N) is 6. The standard InChI is InChI=1S/C43H44FN7O5/c1-26-22-43(25-50(26)32-7-8-36(45-2)35(44)21-32)13-17-47(18-14-43)30-5-3-27(4-6-30)40(54)48-15-11-31(12-16-48)49-23-28-19-33-34(20-29(28)24-49)42(56)51(41(33)55)37-9-10-38(52)46-39(37)53/h3-8,19-21,26,31,37H,9-18,22-25H2,1H3,(H,46,52,53)/t26-,37?/m0/s1.